The van der Waals surface area contributed by atoms with Gasteiger partial charge in [0, 0.05) is 6.04 Å². The van der Waals surface area contributed by atoms with Crippen LogP contribution in [-0.2, 0) is 0 Å². The molecule has 3 nitrogen and oxygen atoms in total. The van der Waals surface area contributed by atoms with Gasteiger partial charge in [0.05, 0.1) is 6.26 Å². The maximum atomic E-state index is 11.6. The lowest BCUT2D eigenvalue weighted by Gasteiger charge is -2.13. The summed E-state index contributed by atoms with van der Waals surface area (Å²) in [6.45, 7) is 6.38. The molecule has 1 rings (SSSR count). The lowest BCUT2D eigenvalue weighted by atomic mass is 10.0. The molecule has 1 aromatic heterocycles. The third-order valence-corrected chi connectivity index (χ3v) is 2.30. The zero-order chi connectivity index (χ0) is 11.3. The molecule has 0 radical (unpaired) electrons. The van der Waals surface area contributed by atoms with Gasteiger partial charge in [-0.05, 0) is 37.8 Å². The highest BCUT2D eigenvalue weighted by molar-refractivity contribution is 5.91. The van der Waals surface area contributed by atoms with E-state index in [9.17, 15) is 4.79 Å². The van der Waals surface area contributed by atoms with Crippen LogP contribution in [-0.4, -0.2) is 11.9 Å². The van der Waals surface area contributed by atoms with Gasteiger partial charge in [-0.2, -0.15) is 0 Å². The van der Waals surface area contributed by atoms with Crippen LogP contribution < -0.4 is 5.32 Å². The SMILES string of the molecule is CC(C)CCC(C)NC(=O)c1ccco1. The second-order valence-corrected chi connectivity index (χ2v) is 4.32. The van der Waals surface area contributed by atoms with Gasteiger partial charge in [-0.3, -0.25) is 4.79 Å². The fourth-order valence-electron chi connectivity index (χ4n) is 1.36. The Morgan fingerprint density at radius 3 is 2.67 bits per heavy atom. The van der Waals surface area contributed by atoms with Gasteiger partial charge < -0.3 is 9.73 Å². The van der Waals surface area contributed by atoms with Gasteiger partial charge in [0.25, 0.3) is 5.91 Å². The minimum Gasteiger partial charge on any atom is -0.459 e. The first-order chi connectivity index (χ1) is 7.09. The van der Waals surface area contributed by atoms with E-state index < -0.39 is 0 Å². The second kappa shape index (κ2) is 5.59. The molecule has 0 bridgehead atoms. The Kier molecular flexibility index (Phi) is 4.40. The van der Waals surface area contributed by atoms with Gasteiger partial charge >= 0.3 is 0 Å². The number of furan rings is 1. The topological polar surface area (TPSA) is 42.2 Å². The summed E-state index contributed by atoms with van der Waals surface area (Å²) in [5, 5.41) is 2.90. The molecule has 1 atom stereocenters. The van der Waals surface area contributed by atoms with E-state index in [1.807, 2.05) is 6.92 Å². The number of carbonyl (C=O) groups excluding carboxylic acids is 1. The van der Waals surface area contributed by atoms with E-state index in [0.717, 1.165) is 12.8 Å². The Labute approximate surface area is 90.9 Å². The van der Waals surface area contributed by atoms with E-state index in [1.54, 1.807) is 12.1 Å². The van der Waals surface area contributed by atoms with Crippen molar-refractivity contribution in [3.63, 3.8) is 0 Å². The Morgan fingerprint density at radius 1 is 1.40 bits per heavy atom. The highest BCUT2D eigenvalue weighted by Gasteiger charge is 2.11. The van der Waals surface area contributed by atoms with Crippen LogP contribution in [0.2, 0.25) is 0 Å². The molecule has 0 aliphatic carbocycles. The third-order valence-electron chi connectivity index (χ3n) is 2.30. The first-order valence-electron chi connectivity index (χ1n) is 5.44. The van der Waals surface area contributed by atoms with Crippen LogP contribution in [0.1, 0.15) is 44.2 Å². The fourth-order valence-corrected chi connectivity index (χ4v) is 1.36. The molecule has 3 heteroatoms. The predicted molar refractivity (Wildman–Crippen MR) is 59.7 cm³/mol. The lowest BCUT2D eigenvalue weighted by molar-refractivity contribution is 0.0909. The van der Waals surface area contributed by atoms with E-state index in [2.05, 4.69) is 19.2 Å². The Hall–Kier alpha value is -1.25. The lowest BCUT2D eigenvalue weighted by Crippen LogP contribution is -2.32. The summed E-state index contributed by atoms with van der Waals surface area (Å²) >= 11 is 0. The largest absolute Gasteiger partial charge is 0.459 e. The predicted octanol–water partition coefficient (Wildman–Crippen LogP) is 2.83. The number of amides is 1. The maximum absolute atomic E-state index is 11.6. The Balaban J connectivity index is 2.32. The molecule has 1 heterocycles. The van der Waals surface area contributed by atoms with Crippen molar-refractivity contribution < 1.29 is 9.21 Å². The molecule has 1 amide bonds. The van der Waals surface area contributed by atoms with Crippen molar-refractivity contribution in [3.8, 4) is 0 Å². The summed E-state index contributed by atoms with van der Waals surface area (Å²) in [6, 6.07) is 3.59. The summed E-state index contributed by atoms with van der Waals surface area (Å²) in [5.41, 5.74) is 0. The van der Waals surface area contributed by atoms with Gasteiger partial charge in [0.15, 0.2) is 5.76 Å². The molecule has 1 aromatic rings. The average molecular weight is 209 g/mol. The van der Waals surface area contributed by atoms with Gasteiger partial charge in [0.1, 0.15) is 0 Å². The number of rotatable bonds is 5. The molecule has 0 aliphatic heterocycles. The van der Waals surface area contributed by atoms with Crippen LogP contribution in [0.25, 0.3) is 0 Å². The van der Waals surface area contributed by atoms with Crippen molar-refractivity contribution >= 4 is 5.91 Å². The van der Waals surface area contributed by atoms with Crippen molar-refractivity contribution in [1.29, 1.82) is 0 Å². The van der Waals surface area contributed by atoms with Gasteiger partial charge in [-0.15, -0.1) is 0 Å². The van der Waals surface area contributed by atoms with E-state index in [-0.39, 0.29) is 11.9 Å². The number of nitrogens with one attached hydrogen (secondary N) is 1. The Morgan fingerprint density at radius 2 is 2.13 bits per heavy atom. The molecule has 0 aliphatic rings. The van der Waals surface area contributed by atoms with E-state index >= 15 is 0 Å². The Bertz CT molecular complexity index is 291. The van der Waals surface area contributed by atoms with Crippen LogP contribution in [0.4, 0.5) is 0 Å². The average Bonchev–Trinajstić information content (AvgIpc) is 2.67. The van der Waals surface area contributed by atoms with Gasteiger partial charge in [-0.1, -0.05) is 13.8 Å². The summed E-state index contributed by atoms with van der Waals surface area (Å²) in [4.78, 5) is 11.6. The van der Waals surface area contributed by atoms with Crippen molar-refractivity contribution in [2.24, 2.45) is 5.92 Å². The third kappa shape index (κ3) is 4.19. The normalized spacial score (nSPS) is 12.8. The smallest absolute Gasteiger partial charge is 0.287 e. The van der Waals surface area contributed by atoms with Gasteiger partial charge in [0.2, 0.25) is 0 Å². The monoisotopic (exact) mass is 209 g/mol. The molecule has 0 aromatic carbocycles. The zero-order valence-corrected chi connectivity index (χ0v) is 9.62. The fraction of sp³-hybridized carbons (Fsp3) is 0.583. The molecule has 0 saturated carbocycles. The van der Waals surface area contributed by atoms with Crippen LogP contribution in [0.15, 0.2) is 22.8 Å². The first-order valence-corrected chi connectivity index (χ1v) is 5.44. The van der Waals surface area contributed by atoms with Crippen LogP contribution in [0, 0.1) is 5.92 Å². The van der Waals surface area contributed by atoms with Crippen molar-refractivity contribution in [1.82, 2.24) is 5.32 Å². The summed E-state index contributed by atoms with van der Waals surface area (Å²) in [5.74, 6) is 0.926. The summed E-state index contributed by atoms with van der Waals surface area (Å²) in [6.07, 6.45) is 3.64. The summed E-state index contributed by atoms with van der Waals surface area (Å²) in [7, 11) is 0. The maximum Gasteiger partial charge on any atom is 0.287 e. The zero-order valence-electron chi connectivity index (χ0n) is 9.62. The molecule has 1 N–H and O–H groups in total. The number of carbonyl (C=O) groups is 1. The second-order valence-electron chi connectivity index (χ2n) is 4.32. The molecule has 0 fully saturated rings. The van der Waals surface area contributed by atoms with Crippen LogP contribution in [0.5, 0.6) is 0 Å². The minimum absolute atomic E-state index is 0.128. The standard InChI is InChI=1S/C12H19NO2/c1-9(2)6-7-10(3)13-12(14)11-5-4-8-15-11/h4-5,8-10H,6-7H2,1-3H3,(H,13,14). The number of hydrogen-bond acceptors (Lipinski definition) is 2. The van der Waals surface area contributed by atoms with E-state index in [4.69, 9.17) is 4.42 Å². The minimum atomic E-state index is -0.128. The number of hydrogen-bond donors (Lipinski definition) is 1. The molecule has 15 heavy (non-hydrogen) atoms. The molecule has 84 valence electrons. The van der Waals surface area contributed by atoms with Gasteiger partial charge in [-0.25, -0.2) is 0 Å². The quantitative estimate of drug-likeness (QED) is 0.810. The van der Waals surface area contributed by atoms with E-state index in [1.165, 1.54) is 6.26 Å². The molecule has 0 saturated heterocycles. The molecule has 1 unspecified atom stereocenters. The van der Waals surface area contributed by atoms with Crippen molar-refractivity contribution in [3.05, 3.63) is 24.2 Å². The van der Waals surface area contributed by atoms with Crippen molar-refractivity contribution in [2.75, 3.05) is 0 Å². The highest BCUT2D eigenvalue weighted by Crippen LogP contribution is 2.07. The summed E-state index contributed by atoms with van der Waals surface area (Å²) < 4.78 is 5.01. The first kappa shape index (κ1) is 11.8. The van der Waals surface area contributed by atoms with Crippen molar-refractivity contribution in [2.45, 2.75) is 39.7 Å². The van der Waals surface area contributed by atoms with Crippen LogP contribution in [0.3, 0.4) is 0 Å². The molecule has 0 spiro atoms. The van der Waals surface area contributed by atoms with Crippen LogP contribution >= 0.6 is 0 Å². The van der Waals surface area contributed by atoms with E-state index in [0.29, 0.717) is 11.7 Å². The molecular weight excluding hydrogens is 190 g/mol. The highest BCUT2D eigenvalue weighted by atomic mass is 16.3. The molecular formula is C12H19NO2.